The molecule has 2 aliphatic rings. The van der Waals surface area contributed by atoms with Crippen molar-refractivity contribution in [3.63, 3.8) is 0 Å². The number of benzene rings is 4. The fourth-order valence-corrected chi connectivity index (χ4v) is 14.3. The lowest BCUT2D eigenvalue weighted by Crippen LogP contribution is -2.37. The fraction of sp³-hybridized carbons (Fsp3) is 0.500. The van der Waals surface area contributed by atoms with Crippen molar-refractivity contribution in [2.45, 2.75) is 124 Å². The van der Waals surface area contributed by atoms with Gasteiger partial charge >= 0.3 is 11.9 Å². The van der Waals surface area contributed by atoms with Gasteiger partial charge in [0.2, 0.25) is 11.3 Å². The number of anilines is 4. The molecule has 0 fully saturated rings. The van der Waals surface area contributed by atoms with Gasteiger partial charge in [-0.15, -0.1) is 23.5 Å². The predicted octanol–water partition coefficient (Wildman–Crippen LogP) is 12.2. The second-order valence-corrected chi connectivity index (χ2v) is 24.4. The van der Waals surface area contributed by atoms with E-state index in [1.165, 1.54) is 35.7 Å². The zero-order valence-electron chi connectivity index (χ0n) is 41.4. The Morgan fingerprint density at radius 3 is 1.26 bits per heavy atom. The molecule has 6 rings (SSSR count). The van der Waals surface area contributed by atoms with Crippen LogP contribution in [0.5, 0.6) is 11.5 Å². The molecule has 0 saturated carbocycles. The number of alkyl halides is 2. The number of hydrogen-bond donors (Lipinski definition) is 2. The van der Waals surface area contributed by atoms with Crippen molar-refractivity contribution in [2.24, 2.45) is 10.8 Å². The van der Waals surface area contributed by atoms with E-state index in [9.17, 15) is 35.2 Å². The minimum atomic E-state index is -3.73. The van der Waals surface area contributed by atoms with Gasteiger partial charge in [0.25, 0.3) is 0 Å². The number of carbonyl (C=O) groups is 2. The van der Waals surface area contributed by atoms with Crippen LogP contribution in [0.1, 0.15) is 92.9 Å². The third-order valence-electron chi connectivity index (χ3n) is 13.4. The average Bonchev–Trinajstić information content (AvgIpc) is 3.50. The number of aliphatic carboxylic acids is 2. The van der Waals surface area contributed by atoms with Crippen LogP contribution >= 0.6 is 23.5 Å². The maximum Gasteiger partial charge on any atom is 0.344 e. The lowest BCUT2D eigenvalue weighted by atomic mass is 9.81. The van der Waals surface area contributed by atoms with E-state index in [0.29, 0.717) is 47.1 Å². The smallest absolute Gasteiger partial charge is 0.344 e. The Morgan fingerprint density at radius 2 is 0.971 bits per heavy atom. The molecule has 2 heterocycles. The highest BCUT2D eigenvalue weighted by molar-refractivity contribution is 7.99. The number of para-hydroxylation sites is 2. The summed E-state index contributed by atoms with van der Waals surface area (Å²) in [4.78, 5) is 28.0. The van der Waals surface area contributed by atoms with Gasteiger partial charge in [-0.2, -0.15) is 0 Å². The summed E-state index contributed by atoms with van der Waals surface area (Å²) in [5, 5.41) is 18.2. The Balaban J connectivity index is 0.000000261. The number of hydrogen-bond acceptors (Lipinski definition) is 12. The molecule has 0 saturated heterocycles. The van der Waals surface area contributed by atoms with Crippen LogP contribution in [-0.2, 0) is 29.3 Å². The van der Waals surface area contributed by atoms with Crippen LogP contribution in [-0.4, -0.2) is 101 Å². The van der Waals surface area contributed by atoms with Gasteiger partial charge in [0.1, 0.15) is 24.7 Å². The summed E-state index contributed by atoms with van der Waals surface area (Å²) in [6.07, 6.45) is 10.4. The molecule has 0 bridgehead atoms. The maximum absolute atomic E-state index is 14.4. The van der Waals surface area contributed by atoms with Gasteiger partial charge in [-0.05, 0) is 88.4 Å². The van der Waals surface area contributed by atoms with E-state index in [1.54, 1.807) is 12.1 Å². The number of carboxylic acids is 2. The maximum atomic E-state index is 14.4. The number of ether oxygens (including phenoxy) is 2. The average molecular weight is 1050 g/mol. The number of halogens is 2. The monoisotopic (exact) mass is 1050 g/mol. The quantitative estimate of drug-likeness (QED) is 0.0802. The van der Waals surface area contributed by atoms with Gasteiger partial charge in [-0.1, -0.05) is 89.8 Å². The largest absolute Gasteiger partial charge is 0.488 e. The predicted molar refractivity (Wildman–Crippen MR) is 277 cm³/mol. The molecular weight excluding hydrogens is 979 g/mol. The normalized spacial score (nSPS) is 21.0. The summed E-state index contributed by atoms with van der Waals surface area (Å²) in [5.41, 5.74) is -3.19. The Kier molecular flexibility index (Phi) is 18.8. The molecule has 0 spiro atoms. The third-order valence-corrected chi connectivity index (χ3v) is 18.9. The van der Waals surface area contributed by atoms with E-state index in [4.69, 9.17) is 19.7 Å². The van der Waals surface area contributed by atoms with E-state index < -0.39 is 67.0 Å². The molecule has 2 unspecified atom stereocenters. The number of rotatable bonds is 20. The Hall–Kier alpha value is -4.52. The van der Waals surface area contributed by atoms with Crippen molar-refractivity contribution in [3.05, 3.63) is 84.9 Å². The van der Waals surface area contributed by atoms with Gasteiger partial charge in [-0.3, -0.25) is 0 Å². The zero-order chi connectivity index (χ0) is 51.7. The number of unbranched alkanes of at least 4 members (excludes halogenated alkanes) is 2. The molecule has 2 aliphatic heterocycles. The summed E-state index contributed by atoms with van der Waals surface area (Å²) in [5.74, 6) is -2.94. The second-order valence-electron chi connectivity index (χ2n) is 18.8. The van der Waals surface area contributed by atoms with E-state index in [1.807, 2.05) is 87.0 Å². The van der Waals surface area contributed by atoms with Crippen LogP contribution in [0, 0.1) is 10.8 Å². The zero-order valence-corrected chi connectivity index (χ0v) is 44.7. The van der Waals surface area contributed by atoms with Gasteiger partial charge in [0, 0.05) is 47.4 Å². The molecule has 70 heavy (non-hydrogen) atoms. The van der Waals surface area contributed by atoms with E-state index >= 15 is 0 Å². The van der Waals surface area contributed by atoms with Crippen molar-refractivity contribution < 1.29 is 54.9 Å². The molecule has 18 heteroatoms. The fourth-order valence-electron chi connectivity index (χ4n) is 8.83. The van der Waals surface area contributed by atoms with Crippen molar-refractivity contribution >= 4 is 77.9 Å². The van der Waals surface area contributed by atoms with Gasteiger partial charge in [-0.25, -0.2) is 35.2 Å². The van der Waals surface area contributed by atoms with Crippen molar-refractivity contribution in [1.29, 1.82) is 0 Å². The summed E-state index contributed by atoms with van der Waals surface area (Å²) < 4.78 is 95.2. The number of thioether (sulfide) groups is 2. The first kappa shape index (κ1) is 56.4. The highest BCUT2D eigenvalue weighted by Crippen LogP contribution is 2.49. The first-order valence-corrected chi connectivity index (χ1v) is 29.4. The molecule has 0 amide bonds. The molecule has 384 valence electrons. The third kappa shape index (κ3) is 13.1. The highest BCUT2D eigenvalue weighted by Gasteiger charge is 2.44. The lowest BCUT2D eigenvalue weighted by molar-refractivity contribution is -0.152. The number of fused-ring (bicyclic) bond motifs is 2. The van der Waals surface area contributed by atoms with Crippen molar-refractivity contribution in [1.82, 2.24) is 0 Å². The first-order valence-electron chi connectivity index (χ1n) is 23.6. The molecule has 2 N–H and O–H groups in total. The van der Waals surface area contributed by atoms with Crippen molar-refractivity contribution in [3.8, 4) is 11.5 Å². The van der Waals surface area contributed by atoms with Gasteiger partial charge < -0.3 is 29.5 Å². The highest BCUT2D eigenvalue weighted by atomic mass is 32.2. The van der Waals surface area contributed by atoms with Gasteiger partial charge in [0.05, 0.1) is 42.5 Å². The molecule has 0 aromatic heterocycles. The summed E-state index contributed by atoms with van der Waals surface area (Å²) in [6, 6.07) is 25.8. The Morgan fingerprint density at radius 1 is 0.629 bits per heavy atom. The molecule has 4 atom stereocenters. The molecule has 4 aromatic rings. The van der Waals surface area contributed by atoms with Crippen LogP contribution in [0.3, 0.4) is 0 Å². The standard InChI is InChI=1S/2C26H34FNO5S2/c2*1-5-7-13-26(6-2)16-28(19-11-9-8-10-12-19)20-14-22(34-4)21(15-23(20)35(31,32)18-26)33-17-25(3,27)24(29)30/h2*8-12,14-15H,5-7,13,16-18H2,1-4H3,(H,29,30)/t2*25-,26?/m10/s1. The van der Waals surface area contributed by atoms with Crippen LogP contribution < -0.4 is 19.3 Å². The lowest BCUT2D eigenvalue weighted by Gasteiger charge is -2.36. The van der Waals surface area contributed by atoms with Gasteiger partial charge in [0.15, 0.2) is 19.7 Å². The Bertz CT molecular complexity index is 2490. The van der Waals surface area contributed by atoms with Crippen LogP contribution in [0.15, 0.2) is 105 Å². The molecule has 12 nitrogen and oxygen atoms in total. The molecular formula is C52H68F2N2O10S4. The minimum absolute atomic E-state index is 0.000834. The number of nitrogens with zero attached hydrogens (tertiary/aromatic N) is 2. The summed E-state index contributed by atoms with van der Waals surface area (Å²) in [7, 11) is -7.46. The Labute approximate surface area is 421 Å². The van der Waals surface area contributed by atoms with E-state index in [2.05, 4.69) is 23.6 Å². The first-order chi connectivity index (χ1) is 33.0. The topological polar surface area (TPSA) is 168 Å². The summed E-state index contributed by atoms with van der Waals surface area (Å²) >= 11 is 2.67. The van der Waals surface area contributed by atoms with Crippen LogP contribution in [0.25, 0.3) is 0 Å². The van der Waals surface area contributed by atoms with E-state index in [0.717, 1.165) is 63.7 Å². The summed E-state index contributed by atoms with van der Waals surface area (Å²) in [6.45, 7) is 9.78. The van der Waals surface area contributed by atoms with E-state index in [-0.39, 0.29) is 32.8 Å². The van der Waals surface area contributed by atoms with Crippen LogP contribution in [0.2, 0.25) is 0 Å². The van der Waals surface area contributed by atoms with Crippen LogP contribution in [0.4, 0.5) is 31.5 Å². The second kappa shape index (κ2) is 23.4. The molecule has 0 aliphatic carbocycles. The number of carboxylic acid groups (broad SMARTS) is 2. The minimum Gasteiger partial charge on any atom is -0.488 e. The van der Waals surface area contributed by atoms with Crippen molar-refractivity contribution in [2.75, 3.05) is 60.1 Å². The SMILES string of the molecule is CCCCC1(CC)CN(c2ccccc2)c2cc(SC)c(OC[C@@](C)(F)C(=O)O)cc2S(=O)(=O)C1.CCCCC1(CC)CN(c2ccccc2)c2cc(SC)c(OC[C@](C)(F)C(=O)O)cc2S(=O)(=O)C1. The molecule has 0 radical (unpaired) electrons. The number of sulfone groups is 2. The molecule has 4 aromatic carbocycles.